The lowest BCUT2D eigenvalue weighted by Crippen LogP contribution is -2.47. The molecule has 0 bridgehead atoms. The minimum absolute atomic E-state index is 0.0340. The van der Waals surface area contributed by atoms with Gasteiger partial charge in [-0.2, -0.15) is 0 Å². The molecule has 3 aromatic rings. The Bertz CT molecular complexity index is 1350. The van der Waals surface area contributed by atoms with Crippen LogP contribution in [0.3, 0.4) is 0 Å². The Morgan fingerprint density at radius 3 is 2.50 bits per heavy atom. The number of carbonyl (C=O) groups is 2. The Kier molecular flexibility index (Phi) is 7.76. The molecule has 4 rings (SSSR count). The molecule has 38 heavy (non-hydrogen) atoms. The van der Waals surface area contributed by atoms with E-state index in [1.807, 2.05) is 32.9 Å². The average Bonchev–Trinajstić information content (AvgIpc) is 3.27. The Balaban J connectivity index is 1.77. The molecule has 0 radical (unpaired) electrons. The number of fused-ring (bicyclic) bond motifs is 1. The molecule has 0 spiro atoms. The normalized spacial score (nSPS) is 16.2. The molecule has 8 nitrogen and oxygen atoms in total. The zero-order valence-corrected chi connectivity index (χ0v) is 23.4. The monoisotopic (exact) mass is 560 g/mol. The first-order chi connectivity index (χ1) is 17.7. The van der Waals surface area contributed by atoms with E-state index in [1.54, 1.807) is 36.9 Å². The van der Waals surface area contributed by atoms with E-state index in [9.17, 15) is 14.7 Å². The van der Waals surface area contributed by atoms with Gasteiger partial charge in [-0.1, -0.05) is 44.5 Å². The molecule has 0 saturated carbocycles. The van der Waals surface area contributed by atoms with Gasteiger partial charge >= 0.3 is 6.09 Å². The number of carbonyl (C=O) groups excluding carboxylic acids is 1. The third-order valence-electron chi connectivity index (χ3n) is 6.15. The predicted molar refractivity (Wildman–Crippen MR) is 145 cm³/mol. The Hall–Kier alpha value is -3.11. The summed E-state index contributed by atoms with van der Waals surface area (Å²) in [5.41, 5.74) is 0.199. The highest BCUT2D eigenvalue weighted by Crippen LogP contribution is 2.42. The average molecular weight is 561 g/mol. The highest BCUT2D eigenvalue weighted by atomic mass is 35.5. The van der Waals surface area contributed by atoms with Gasteiger partial charge < -0.3 is 19.7 Å². The molecule has 2 amide bonds. The molecule has 2 N–H and O–H groups in total. The minimum Gasteiger partial charge on any atom is -0.465 e. The van der Waals surface area contributed by atoms with Crippen molar-refractivity contribution < 1.29 is 23.5 Å². The molecule has 0 unspecified atom stereocenters. The first-order valence-electron chi connectivity index (χ1n) is 12.1. The van der Waals surface area contributed by atoms with Crippen LogP contribution in [0.4, 0.5) is 14.9 Å². The van der Waals surface area contributed by atoms with Gasteiger partial charge in [0.1, 0.15) is 5.82 Å². The third kappa shape index (κ3) is 6.30. The van der Waals surface area contributed by atoms with E-state index in [4.69, 9.17) is 16.0 Å². The summed E-state index contributed by atoms with van der Waals surface area (Å²) in [6, 6.07) is 10.1. The number of anilines is 1. The largest absolute Gasteiger partial charge is 0.465 e. The van der Waals surface area contributed by atoms with E-state index in [2.05, 4.69) is 15.5 Å². The van der Waals surface area contributed by atoms with Crippen molar-refractivity contribution in [2.24, 2.45) is 5.92 Å². The van der Waals surface area contributed by atoms with Crippen LogP contribution in [-0.2, 0) is 16.8 Å². The predicted octanol–water partition coefficient (Wildman–Crippen LogP) is 6.52. The summed E-state index contributed by atoms with van der Waals surface area (Å²) in [4.78, 5) is 27.5. The molecule has 0 fully saturated rings. The zero-order chi connectivity index (χ0) is 27.8. The molecule has 2 aromatic carbocycles. The number of hydrogen-bond donors (Lipinski definition) is 2. The molecular weight excluding hydrogens is 531 g/mol. The summed E-state index contributed by atoms with van der Waals surface area (Å²) < 4.78 is 21.2. The fraction of sp³-hybridized carbons (Fsp3) is 0.407. The molecule has 202 valence electrons. The highest BCUT2D eigenvalue weighted by Gasteiger charge is 2.36. The maximum absolute atomic E-state index is 15.4. The lowest BCUT2D eigenvalue weighted by molar-refractivity contribution is -0.122. The zero-order valence-electron chi connectivity index (χ0n) is 21.8. The fourth-order valence-corrected chi connectivity index (χ4v) is 5.58. The number of nitrogens with zero attached hydrogens (tertiary/aromatic N) is 3. The fourth-order valence-electron chi connectivity index (χ4n) is 4.31. The van der Waals surface area contributed by atoms with E-state index in [1.165, 1.54) is 17.8 Å². The number of nitrogens with one attached hydrogen (secondary N) is 1. The minimum atomic E-state index is -1.16. The second-order valence-electron chi connectivity index (χ2n) is 11.0. The number of rotatable bonds is 6. The third-order valence-corrected chi connectivity index (χ3v) is 7.61. The van der Waals surface area contributed by atoms with Crippen LogP contribution in [0.5, 0.6) is 0 Å². The molecule has 0 aliphatic carbocycles. The molecular formula is C27H30ClFN4O4S. The molecule has 1 atom stereocenters. The van der Waals surface area contributed by atoms with Crippen LogP contribution in [0.2, 0.25) is 5.02 Å². The van der Waals surface area contributed by atoms with E-state index in [-0.39, 0.29) is 30.3 Å². The van der Waals surface area contributed by atoms with Crippen molar-refractivity contribution >= 4 is 41.1 Å². The van der Waals surface area contributed by atoms with Crippen LogP contribution in [0.25, 0.3) is 11.5 Å². The first-order valence-corrected chi connectivity index (χ1v) is 13.5. The van der Waals surface area contributed by atoms with Crippen LogP contribution in [0.1, 0.15) is 52.5 Å². The van der Waals surface area contributed by atoms with Crippen LogP contribution in [0, 0.1) is 11.7 Å². The summed E-state index contributed by atoms with van der Waals surface area (Å²) in [6.45, 7) is 9.45. The SMILES string of the molecule is CC(C)(C[C@H]1CSc2cc(F)c(-c3nnc(C(C)(C)C)o3)cc2N(Cc2ccc(Cl)cc2)C1=O)NC(=O)O. The molecule has 1 aliphatic rings. The second kappa shape index (κ2) is 10.6. The van der Waals surface area contributed by atoms with Gasteiger partial charge in [-0.25, -0.2) is 9.18 Å². The topological polar surface area (TPSA) is 109 Å². The number of amides is 2. The van der Waals surface area contributed by atoms with Crippen molar-refractivity contribution in [1.29, 1.82) is 0 Å². The number of hydrogen-bond acceptors (Lipinski definition) is 6. The van der Waals surface area contributed by atoms with Crippen molar-refractivity contribution in [1.82, 2.24) is 15.5 Å². The molecule has 2 heterocycles. The van der Waals surface area contributed by atoms with Crippen LogP contribution >= 0.6 is 23.4 Å². The number of thioether (sulfide) groups is 1. The van der Waals surface area contributed by atoms with E-state index >= 15 is 4.39 Å². The Morgan fingerprint density at radius 1 is 1.21 bits per heavy atom. The van der Waals surface area contributed by atoms with E-state index in [0.717, 1.165) is 5.56 Å². The standard InChI is InChI=1S/C27H30ClFN4O4S/c1-26(2,3)24-32-31-22(37-24)18-10-20-21(11-19(18)29)38-14-16(12-27(4,5)30-25(35)36)23(34)33(20)13-15-6-8-17(28)9-7-15/h6-11,16,30H,12-14H2,1-5H3,(H,35,36)/t16-/m0/s1. The van der Waals surface area contributed by atoms with Gasteiger partial charge in [0.25, 0.3) is 5.89 Å². The van der Waals surface area contributed by atoms with E-state index < -0.39 is 28.8 Å². The van der Waals surface area contributed by atoms with Crippen LogP contribution < -0.4 is 10.2 Å². The summed E-state index contributed by atoms with van der Waals surface area (Å²) in [5, 5.41) is 20.5. The number of carboxylic acid groups (broad SMARTS) is 1. The smallest absolute Gasteiger partial charge is 0.405 e. The quantitative estimate of drug-likeness (QED) is 0.353. The number of benzene rings is 2. The van der Waals surface area contributed by atoms with Gasteiger partial charge in [0, 0.05) is 26.6 Å². The Morgan fingerprint density at radius 2 is 1.89 bits per heavy atom. The lowest BCUT2D eigenvalue weighted by atomic mass is 9.90. The summed E-state index contributed by atoms with van der Waals surface area (Å²) >= 11 is 7.42. The summed E-state index contributed by atoms with van der Waals surface area (Å²) in [5.74, 6) is -0.481. The molecule has 1 aromatic heterocycles. The maximum atomic E-state index is 15.4. The van der Waals surface area contributed by atoms with Crippen molar-refractivity contribution in [3.63, 3.8) is 0 Å². The van der Waals surface area contributed by atoms with Gasteiger partial charge in [-0.05, 0) is 50.1 Å². The maximum Gasteiger partial charge on any atom is 0.405 e. The van der Waals surface area contributed by atoms with Gasteiger partial charge in [0.15, 0.2) is 0 Å². The molecule has 1 aliphatic heterocycles. The molecule has 0 saturated heterocycles. The van der Waals surface area contributed by atoms with Gasteiger partial charge in [-0.15, -0.1) is 22.0 Å². The second-order valence-corrected chi connectivity index (χ2v) is 12.5. The number of halogens is 2. The Labute approximate surface area is 230 Å². The van der Waals surface area contributed by atoms with Crippen molar-refractivity contribution in [2.75, 3.05) is 10.7 Å². The lowest BCUT2D eigenvalue weighted by Gasteiger charge is -2.31. The van der Waals surface area contributed by atoms with Gasteiger partial charge in [0.2, 0.25) is 11.8 Å². The van der Waals surface area contributed by atoms with E-state index in [0.29, 0.717) is 27.2 Å². The van der Waals surface area contributed by atoms with Crippen molar-refractivity contribution in [2.45, 2.75) is 63.4 Å². The highest BCUT2D eigenvalue weighted by molar-refractivity contribution is 7.99. The summed E-state index contributed by atoms with van der Waals surface area (Å²) in [7, 11) is 0. The van der Waals surface area contributed by atoms with Crippen molar-refractivity contribution in [3.8, 4) is 11.5 Å². The van der Waals surface area contributed by atoms with Crippen molar-refractivity contribution in [3.05, 3.63) is 58.7 Å². The number of aromatic nitrogens is 2. The van der Waals surface area contributed by atoms with Gasteiger partial charge in [0.05, 0.1) is 23.7 Å². The first kappa shape index (κ1) is 27.9. The van der Waals surface area contributed by atoms with Crippen LogP contribution in [0.15, 0.2) is 45.7 Å². The summed E-state index contributed by atoms with van der Waals surface area (Å²) in [6.07, 6.45) is -0.893. The van der Waals surface area contributed by atoms with Gasteiger partial charge in [-0.3, -0.25) is 4.79 Å². The molecule has 11 heteroatoms. The van der Waals surface area contributed by atoms with Crippen LogP contribution in [-0.4, -0.2) is 38.6 Å².